The number of aliphatic hydroxyl groups excluding tert-OH is 1. The number of nitrogens with one attached hydrogen (secondary N) is 1. The predicted octanol–water partition coefficient (Wildman–Crippen LogP) is 3.56. The van der Waals surface area contributed by atoms with Crippen molar-refractivity contribution in [3.63, 3.8) is 0 Å². The monoisotopic (exact) mass is 406 g/mol. The highest BCUT2D eigenvalue weighted by Gasteiger charge is 2.45. The van der Waals surface area contributed by atoms with Crippen LogP contribution in [0.5, 0.6) is 0 Å². The van der Waals surface area contributed by atoms with Crippen LogP contribution < -0.4 is 0 Å². The Morgan fingerprint density at radius 2 is 1.96 bits per heavy atom. The molecule has 1 saturated carbocycles. The van der Waals surface area contributed by atoms with Crippen molar-refractivity contribution in [1.82, 2.24) is 19.8 Å². The average Bonchev–Trinajstić information content (AvgIpc) is 3.09. The third kappa shape index (κ3) is 3.56. The molecule has 7 heteroatoms. The van der Waals surface area contributed by atoms with Crippen molar-refractivity contribution in [2.75, 3.05) is 19.6 Å². The highest BCUT2D eigenvalue weighted by molar-refractivity contribution is 6.34. The van der Waals surface area contributed by atoms with E-state index in [0.29, 0.717) is 34.1 Å². The Labute approximate surface area is 169 Å². The summed E-state index contributed by atoms with van der Waals surface area (Å²) in [6.45, 7) is 3.53. The first-order valence-electron chi connectivity index (χ1n) is 10.6. The van der Waals surface area contributed by atoms with Crippen LogP contribution in [0.15, 0.2) is 12.1 Å². The number of hydrogen-bond donors (Lipinski definition) is 2. The third-order valence-electron chi connectivity index (χ3n) is 6.94. The zero-order valence-electron chi connectivity index (χ0n) is 16.1. The second-order valence-corrected chi connectivity index (χ2v) is 9.27. The van der Waals surface area contributed by atoms with Crippen molar-refractivity contribution in [2.24, 2.45) is 5.92 Å². The summed E-state index contributed by atoms with van der Waals surface area (Å²) in [5.41, 5.74) is 1.29. The molecule has 3 aliphatic heterocycles. The van der Waals surface area contributed by atoms with Gasteiger partial charge in [0.2, 0.25) is 0 Å². The molecule has 1 aromatic carbocycles. The summed E-state index contributed by atoms with van der Waals surface area (Å²) in [6, 6.07) is 3.81. The number of aliphatic hydroxyl groups is 1. The van der Waals surface area contributed by atoms with Gasteiger partial charge < -0.3 is 10.1 Å². The second-order valence-electron chi connectivity index (χ2n) is 8.87. The number of hydrogen-bond acceptors (Lipinski definition) is 4. The van der Waals surface area contributed by atoms with Crippen LogP contribution >= 0.6 is 11.6 Å². The SMILES string of the molecule is OC(CN1C2CC1CN(Cc1nc3c(Cl)cc(F)cc3[nH]1)C2)C1CCCCC1. The van der Waals surface area contributed by atoms with Crippen LogP contribution in [0.1, 0.15) is 44.3 Å². The lowest BCUT2D eigenvalue weighted by Gasteiger charge is -2.57. The Bertz CT molecular complexity index is 840. The first-order chi connectivity index (χ1) is 13.6. The summed E-state index contributed by atoms with van der Waals surface area (Å²) in [5.74, 6) is 0.976. The molecule has 1 aliphatic carbocycles. The van der Waals surface area contributed by atoms with Gasteiger partial charge in [0.25, 0.3) is 0 Å². The van der Waals surface area contributed by atoms with Gasteiger partial charge in [-0.2, -0.15) is 0 Å². The van der Waals surface area contributed by atoms with Gasteiger partial charge >= 0.3 is 0 Å². The number of H-pyrrole nitrogens is 1. The highest BCUT2D eigenvalue weighted by Crippen LogP contribution is 2.35. The molecule has 3 atom stereocenters. The Hall–Kier alpha value is -1.21. The fourth-order valence-electron chi connectivity index (χ4n) is 5.47. The lowest BCUT2D eigenvalue weighted by atomic mass is 9.82. The van der Waals surface area contributed by atoms with E-state index in [1.165, 1.54) is 50.7 Å². The molecule has 0 spiro atoms. The molecule has 5 nitrogen and oxygen atoms in total. The Morgan fingerprint density at radius 3 is 2.71 bits per heavy atom. The fourth-order valence-corrected chi connectivity index (χ4v) is 5.71. The molecule has 4 fully saturated rings. The summed E-state index contributed by atoms with van der Waals surface area (Å²) in [4.78, 5) is 12.7. The molecule has 4 heterocycles. The third-order valence-corrected chi connectivity index (χ3v) is 7.23. The van der Waals surface area contributed by atoms with Crippen LogP contribution in [0.4, 0.5) is 4.39 Å². The summed E-state index contributed by atoms with van der Waals surface area (Å²) in [5, 5.41) is 11.0. The number of aromatic amines is 1. The Kier molecular flexibility index (Phi) is 5.07. The van der Waals surface area contributed by atoms with E-state index in [-0.39, 0.29) is 11.9 Å². The van der Waals surface area contributed by atoms with E-state index in [0.717, 1.165) is 32.0 Å². The molecule has 2 bridgehead atoms. The zero-order chi connectivity index (χ0) is 19.3. The Morgan fingerprint density at radius 1 is 1.21 bits per heavy atom. The number of nitrogens with zero attached hydrogens (tertiary/aromatic N) is 3. The minimum absolute atomic E-state index is 0.176. The predicted molar refractivity (Wildman–Crippen MR) is 108 cm³/mol. The van der Waals surface area contributed by atoms with E-state index >= 15 is 0 Å². The topological polar surface area (TPSA) is 55.4 Å². The van der Waals surface area contributed by atoms with E-state index in [9.17, 15) is 9.50 Å². The minimum atomic E-state index is -0.348. The van der Waals surface area contributed by atoms with Crippen LogP contribution in [0, 0.1) is 11.7 Å². The molecule has 0 amide bonds. The number of halogens is 2. The van der Waals surface area contributed by atoms with E-state index in [2.05, 4.69) is 19.8 Å². The van der Waals surface area contributed by atoms with Gasteiger partial charge in [0.15, 0.2) is 0 Å². The summed E-state index contributed by atoms with van der Waals surface area (Å²) >= 11 is 6.11. The quantitative estimate of drug-likeness (QED) is 0.797. The number of imidazole rings is 1. The van der Waals surface area contributed by atoms with Gasteiger partial charge in [-0.05, 0) is 37.3 Å². The van der Waals surface area contributed by atoms with E-state index in [4.69, 9.17) is 11.6 Å². The van der Waals surface area contributed by atoms with Gasteiger partial charge in [-0.3, -0.25) is 9.80 Å². The van der Waals surface area contributed by atoms with Gasteiger partial charge in [0.1, 0.15) is 17.2 Å². The molecule has 3 saturated heterocycles. The summed E-state index contributed by atoms with van der Waals surface area (Å²) < 4.78 is 13.5. The number of fused-ring (bicyclic) bond motifs is 3. The van der Waals surface area contributed by atoms with Crippen molar-refractivity contribution < 1.29 is 9.50 Å². The van der Waals surface area contributed by atoms with Gasteiger partial charge in [-0.1, -0.05) is 30.9 Å². The number of piperazine rings is 1. The number of benzene rings is 1. The maximum absolute atomic E-state index is 13.5. The highest BCUT2D eigenvalue weighted by atomic mass is 35.5. The molecule has 2 aromatic rings. The van der Waals surface area contributed by atoms with Gasteiger partial charge in [0, 0.05) is 31.7 Å². The van der Waals surface area contributed by atoms with Crippen LogP contribution in [-0.2, 0) is 6.54 Å². The van der Waals surface area contributed by atoms with Crippen LogP contribution in [-0.4, -0.2) is 62.7 Å². The van der Waals surface area contributed by atoms with Crippen LogP contribution in [0.3, 0.4) is 0 Å². The smallest absolute Gasteiger partial charge is 0.126 e. The summed E-state index contributed by atoms with van der Waals surface area (Å²) in [7, 11) is 0. The minimum Gasteiger partial charge on any atom is -0.392 e. The largest absolute Gasteiger partial charge is 0.392 e. The van der Waals surface area contributed by atoms with Crippen molar-refractivity contribution in [2.45, 2.75) is 63.3 Å². The van der Waals surface area contributed by atoms with Gasteiger partial charge in [-0.15, -0.1) is 0 Å². The van der Waals surface area contributed by atoms with E-state index < -0.39 is 0 Å². The zero-order valence-corrected chi connectivity index (χ0v) is 16.8. The Balaban J connectivity index is 1.19. The second kappa shape index (κ2) is 7.56. The van der Waals surface area contributed by atoms with Gasteiger partial charge in [0.05, 0.1) is 23.2 Å². The molecule has 6 rings (SSSR count). The molecule has 3 unspecified atom stereocenters. The van der Waals surface area contributed by atoms with E-state index in [1.54, 1.807) is 0 Å². The average molecular weight is 407 g/mol. The van der Waals surface area contributed by atoms with Crippen molar-refractivity contribution in [3.8, 4) is 0 Å². The molecule has 0 radical (unpaired) electrons. The normalized spacial score (nSPS) is 27.8. The number of piperidine rings is 1. The molecule has 152 valence electrons. The fraction of sp³-hybridized carbons (Fsp3) is 0.667. The molecule has 2 N–H and O–H groups in total. The van der Waals surface area contributed by atoms with Crippen molar-refractivity contribution in [1.29, 1.82) is 0 Å². The van der Waals surface area contributed by atoms with Crippen LogP contribution in [0.2, 0.25) is 5.02 Å². The molecule has 28 heavy (non-hydrogen) atoms. The van der Waals surface area contributed by atoms with Crippen molar-refractivity contribution >= 4 is 22.6 Å². The lowest BCUT2D eigenvalue weighted by molar-refractivity contribution is -0.0985. The first kappa shape index (κ1) is 18.8. The van der Waals surface area contributed by atoms with E-state index in [1.807, 2.05) is 0 Å². The molecular formula is C21H28ClFN4O. The molecule has 1 aromatic heterocycles. The maximum Gasteiger partial charge on any atom is 0.126 e. The van der Waals surface area contributed by atoms with Crippen LogP contribution in [0.25, 0.3) is 11.0 Å². The molecule has 4 aliphatic rings. The first-order valence-corrected chi connectivity index (χ1v) is 10.9. The van der Waals surface area contributed by atoms with Gasteiger partial charge in [-0.25, -0.2) is 9.37 Å². The lowest BCUT2D eigenvalue weighted by Crippen LogP contribution is -2.69. The standard InChI is InChI=1S/C21H28ClFN4O/c22-17-6-14(23)7-18-21(17)25-20(24-18)12-26-9-15-8-16(10-26)27(15)11-19(28)13-4-2-1-3-5-13/h6-7,13,15-16,19,28H,1-5,8-12H2,(H,24,25). The number of rotatable bonds is 5. The van der Waals surface area contributed by atoms with Crippen molar-refractivity contribution in [3.05, 3.63) is 28.8 Å². The summed E-state index contributed by atoms with van der Waals surface area (Å²) in [6.07, 6.45) is 7.29. The number of aromatic nitrogens is 2. The maximum atomic E-state index is 13.5. The molecular weight excluding hydrogens is 379 g/mol.